The number of aliphatic imine (C=N–C) groups is 1. The molecule has 0 bridgehead atoms. The average Bonchev–Trinajstić information content (AvgIpc) is 2.63. The first kappa shape index (κ1) is 24.8. The van der Waals surface area contributed by atoms with Crippen LogP contribution in [0.25, 0.3) is 0 Å². The van der Waals surface area contributed by atoms with Crippen LogP contribution in [-0.2, 0) is 0 Å². The lowest BCUT2D eigenvalue weighted by Crippen LogP contribution is -2.39. The Morgan fingerprint density at radius 3 is 2.27 bits per heavy atom. The van der Waals surface area contributed by atoms with E-state index in [-0.39, 0.29) is 24.0 Å². The van der Waals surface area contributed by atoms with Crippen LogP contribution in [0, 0.1) is 0 Å². The molecule has 26 heavy (non-hydrogen) atoms. The van der Waals surface area contributed by atoms with Gasteiger partial charge in [0.1, 0.15) is 18.1 Å². The third kappa shape index (κ3) is 10.7. The zero-order valence-electron chi connectivity index (χ0n) is 16.7. The van der Waals surface area contributed by atoms with Crippen LogP contribution in [0.2, 0.25) is 0 Å². The monoisotopic (exact) mass is 478 g/mol. The molecule has 0 aliphatic rings. The van der Waals surface area contributed by atoms with Gasteiger partial charge in [0.15, 0.2) is 5.96 Å². The van der Waals surface area contributed by atoms with E-state index in [1.54, 1.807) is 14.2 Å². The molecule has 150 valence electrons. The van der Waals surface area contributed by atoms with Crippen LogP contribution in [0.15, 0.2) is 29.3 Å². The van der Waals surface area contributed by atoms with Crippen LogP contribution >= 0.6 is 24.0 Å². The first-order valence-corrected chi connectivity index (χ1v) is 8.98. The third-order valence-corrected chi connectivity index (χ3v) is 4.06. The van der Waals surface area contributed by atoms with E-state index in [1.807, 2.05) is 24.3 Å². The molecule has 1 aromatic rings. The summed E-state index contributed by atoms with van der Waals surface area (Å²) >= 11 is 0. The first-order chi connectivity index (χ1) is 12.1. The lowest BCUT2D eigenvalue weighted by molar-refractivity contribution is 0.268. The van der Waals surface area contributed by atoms with Gasteiger partial charge in [0.25, 0.3) is 0 Å². The SMILES string of the molecule is CN=C(NCCCCN(C)C(C)C)NCCOc1ccc(OC)cc1.I. The van der Waals surface area contributed by atoms with E-state index in [1.165, 1.54) is 6.42 Å². The first-order valence-electron chi connectivity index (χ1n) is 8.98. The molecule has 7 heteroatoms. The highest BCUT2D eigenvalue weighted by atomic mass is 127. The summed E-state index contributed by atoms with van der Waals surface area (Å²) in [5.74, 6) is 2.48. The van der Waals surface area contributed by atoms with Gasteiger partial charge in [-0.05, 0) is 64.5 Å². The van der Waals surface area contributed by atoms with Gasteiger partial charge in [-0.3, -0.25) is 4.99 Å². The maximum atomic E-state index is 5.69. The fourth-order valence-electron chi connectivity index (χ4n) is 2.18. The number of rotatable bonds is 11. The maximum absolute atomic E-state index is 5.69. The summed E-state index contributed by atoms with van der Waals surface area (Å²) < 4.78 is 10.8. The van der Waals surface area contributed by atoms with E-state index in [9.17, 15) is 0 Å². The number of ether oxygens (including phenoxy) is 2. The van der Waals surface area contributed by atoms with Gasteiger partial charge in [-0.2, -0.15) is 0 Å². The quantitative estimate of drug-likeness (QED) is 0.222. The van der Waals surface area contributed by atoms with Crippen LogP contribution in [0.1, 0.15) is 26.7 Å². The summed E-state index contributed by atoms with van der Waals surface area (Å²) in [6, 6.07) is 8.19. The van der Waals surface area contributed by atoms with Crippen molar-refractivity contribution >= 4 is 29.9 Å². The Kier molecular flexibility index (Phi) is 14.2. The molecular formula is C19H35IN4O2. The summed E-state index contributed by atoms with van der Waals surface area (Å²) in [7, 11) is 5.61. The number of halogens is 1. The van der Waals surface area contributed by atoms with Crippen LogP contribution < -0.4 is 20.1 Å². The Balaban J connectivity index is 0.00000625. The van der Waals surface area contributed by atoms with E-state index < -0.39 is 0 Å². The fourth-order valence-corrected chi connectivity index (χ4v) is 2.18. The molecule has 0 saturated heterocycles. The molecular weight excluding hydrogens is 443 g/mol. The van der Waals surface area contributed by atoms with Gasteiger partial charge >= 0.3 is 0 Å². The van der Waals surface area contributed by atoms with Crippen molar-refractivity contribution in [3.05, 3.63) is 24.3 Å². The topological polar surface area (TPSA) is 58.1 Å². The number of unbranched alkanes of at least 4 members (excludes halogenated alkanes) is 1. The van der Waals surface area contributed by atoms with Crippen molar-refractivity contribution in [1.29, 1.82) is 0 Å². The van der Waals surface area contributed by atoms with Crippen molar-refractivity contribution in [2.24, 2.45) is 4.99 Å². The summed E-state index contributed by atoms with van der Waals surface area (Å²) in [6.07, 6.45) is 2.30. The van der Waals surface area contributed by atoms with E-state index in [4.69, 9.17) is 9.47 Å². The molecule has 0 amide bonds. The highest BCUT2D eigenvalue weighted by Crippen LogP contribution is 2.16. The second-order valence-corrected chi connectivity index (χ2v) is 6.23. The lowest BCUT2D eigenvalue weighted by Gasteiger charge is -2.20. The van der Waals surface area contributed by atoms with Crippen molar-refractivity contribution < 1.29 is 9.47 Å². The van der Waals surface area contributed by atoms with Crippen LogP contribution in [0.3, 0.4) is 0 Å². The van der Waals surface area contributed by atoms with Gasteiger partial charge < -0.3 is 25.0 Å². The Labute approximate surface area is 175 Å². The molecule has 0 saturated carbocycles. The molecule has 1 aromatic carbocycles. The normalized spacial score (nSPS) is 11.3. The van der Waals surface area contributed by atoms with Crippen molar-refractivity contribution in [3.63, 3.8) is 0 Å². The number of hydrogen-bond donors (Lipinski definition) is 2. The summed E-state index contributed by atoms with van der Waals surface area (Å²) in [5.41, 5.74) is 0. The Morgan fingerprint density at radius 2 is 1.69 bits per heavy atom. The predicted octanol–water partition coefficient (Wildman–Crippen LogP) is 2.98. The second kappa shape index (κ2) is 14.9. The molecule has 2 N–H and O–H groups in total. The molecule has 0 atom stereocenters. The van der Waals surface area contributed by atoms with Crippen LogP contribution in [-0.4, -0.2) is 64.3 Å². The number of guanidine groups is 1. The smallest absolute Gasteiger partial charge is 0.191 e. The molecule has 0 spiro atoms. The van der Waals surface area contributed by atoms with Crippen molar-refractivity contribution in [1.82, 2.24) is 15.5 Å². The number of methoxy groups -OCH3 is 1. The van der Waals surface area contributed by atoms with Gasteiger partial charge in [0, 0.05) is 19.6 Å². The van der Waals surface area contributed by atoms with Gasteiger partial charge in [0.2, 0.25) is 0 Å². The number of nitrogens with zero attached hydrogens (tertiary/aromatic N) is 2. The molecule has 0 aliphatic heterocycles. The second-order valence-electron chi connectivity index (χ2n) is 6.23. The molecule has 0 heterocycles. The Hall–Kier alpha value is -1.22. The average molecular weight is 478 g/mol. The third-order valence-electron chi connectivity index (χ3n) is 4.06. The van der Waals surface area contributed by atoms with E-state index in [2.05, 4.69) is 41.4 Å². The van der Waals surface area contributed by atoms with Gasteiger partial charge in [0.05, 0.1) is 13.7 Å². The van der Waals surface area contributed by atoms with E-state index in [0.717, 1.165) is 37.0 Å². The lowest BCUT2D eigenvalue weighted by atomic mass is 10.2. The molecule has 0 unspecified atom stereocenters. The van der Waals surface area contributed by atoms with Crippen molar-refractivity contribution in [2.75, 3.05) is 47.4 Å². The Morgan fingerprint density at radius 1 is 1.08 bits per heavy atom. The van der Waals surface area contributed by atoms with Crippen molar-refractivity contribution in [2.45, 2.75) is 32.7 Å². The van der Waals surface area contributed by atoms with Gasteiger partial charge in [-0.15, -0.1) is 24.0 Å². The van der Waals surface area contributed by atoms with Crippen LogP contribution in [0.4, 0.5) is 0 Å². The Bertz CT molecular complexity index is 495. The van der Waals surface area contributed by atoms with Crippen molar-refractivity contribution in [3.8, 4) is 11.5 Å². The van der Waals surface area contributed by atoms with Crippen LogP contribution in [0.5, 0.6) is 11.5 Å². The molecule has 0 radical (unpaired) electrons. The van der Waals surface area contributed by atoms with Gasteiger partial charge in [-0.1, -0.05) is 0 Å². The highest BCUT2D eigenvalue weighted by Gasteiger charge is 2.02. The van der Waals surface area contributed by atoms with E-state index in [0.29, 0.717) is 19.2 Å². The highest BCUT2D eigenvalue weighted by molar-refractivity contribution is 14.0. The van der Waals surface area contributed by atoms with E-state index >= 15 is 0 Å². The standard InChI is InChI=1S/C19H34N4O2.HI/c1-16(2)23(4)14-7-6-12-21-19(20-3)22-13-15-25-18-10-8-17(24-5)9-11-18;/h8-11,16H,6-7,12-15H2,1-5H3,(H2,20,21,22);1H. The summed E-state index contributed by atoms with van der Waals surface area (Å²) in [6.45, 7) is 7.76. The zero-order valence-corrected chi connectivity index (χ0v) is 19.1. The molecule has 0 fully saturated rings. The minimum Gasteiger partial charge on any atom is -0.497 e. The molecule has 1 rings (SSSR count). The summed E-state index contributed by atoms with van der Waals surface area (Å²) in [5, 5.41) is 6.59. The number of nitrogens with one attached hydrogen (secondary N) is 2. The predicted molar refractivity (Wildman–Crippen MR) is 120 cm³/mol. The molecule has 6 nitrogen and oxygen atoms in total. The zero-order chi connectivity index (χ0) is 18.5. The summed E-state index contributed by atoms with van der Waals surface area (Å²) in [4.78, 5) is 6.59. The maximum Gasteiger partial charge on any atom is 0.191 e. The molecule has 0 aromatic heterocycles. The minimum absolute atomic E-state index is 0. The number of hydrogen-bond acceptors (Lipinski definition) is 4. The largest absolute Gasteiger partial charge is 0.497 e. The minimum atomic E-state index is 0. The number of benzene rings is 1. The molecule has 0 aliphatic carbocycles. The van der Waals surface area contributed by atoms with Gasteiger partial charge in [-0.25, -0.2) is 0 Å². The fraction of sp³-hybridized carbons (Fsp3) is 0.632.